The van der Waals surface area contributed by atoms with Gasteiger partial charge in [0.05, 0.1) is 0 Å². The van der Waals surface area contributed by atoms with Gasteiger partial charge in [-0.1, -0.05) is 102 Å². The smallest absolute Gasteiger partial charge is 0.0354 e. The first-order valence-electron chi connectivity index (χ1n) is 10.7. The Labute approximate surface area is 155 Å². The van der Waals surface area contributed by atoms with Gasteiger partial charge in [-0.3, -0.25) is 0 Å². The number of rotatable bonds is 9. The molecule has 146 valence electrons. The summed E-state index contributed by atoms with van der Waals surface area (Å²) in [6.45, 7) is 29.1. The molecule has 0 aromatic carbocycles. The molecule has 0 aliphatic rings. The molecule has 0 saturated heterocycles. The third-order valence-electron chi connectivity index (χ3n) is 7.63. The summed E-state index contributed by atoms with van der Waals surface area (Å²) in [5.74, 6) is 4.97. The van der Waals surface area contributed by atoms with E-state index < -0.39 is 0 Å². The largest absolute Gasteiger partial charge is 0.0623 e. The van der Waals surface area contributed by atoms with Crippen LogP contribution in [0.15, 0.2) is 0 Å². The second-order valence-corrected chi connectivity index (χ2v) is 11.4. The van der Waals surface area contributed by atoms with Crippen LogP contribution >= 0.6 is 0 Å². The van der Waals surface area contributed by atoms with Crippen LogP contribution in [0.1, 0.15) is 109 Å². The van der Waals surface area contributed by atoms with Gasteiger partial charge in [0.2, 0.25) is 0 Å². The Balaban J connectivity index is 4.30. The van der Waals surface area contributed by atoms with Crippen molar-refractivity contribution in [1.29, 1.82) is 0 Å². The Morgan fingerprint density at radius 1 is 0.500 bits per heavy atom. The zero-order valence-electron chi connectivity index (χ0n) is 19.3. The fraction of sp³-hybridized carbons (Fsp3) is 1.00. The maximum atomic E-state index is 2.48. The normalized spacial score (nSPS) is 21.0. The van der Waals surface area contributed by atoms with Crippen LogP contribution in [0.2, 0.25) is 0 Å². The van der Waals surface area contributed by atoms with E-state index in [1.54, 1.807) is 0 Å². The lowest BCUT2D eigenvalue weighted by Crippen LogP contribution is -2.28. The SMILES string of the molecule is CC(CCC(C)C(C)C(C)C(C)(C)C)C(C)CCC(C)C(C)(C)C. The van der Waals surface area contributed by atoms with Gasteiger partial charge < -0.3 is 0 Å². The van der Waals surface area contributed by atoms with Crippen LogP contribution in [0, 0.1) is 46.3 Å². The molecule has 0 N–H and O–H groups in total. The maximum absolute atomic E-state index is 2.48. The molecule has 0 spiro atoms. The third-order valence-corrected chi connectivity index (χ3v) is 7.63. The van der Waals surface area contributed by atoms with E-state index in [1.807, 2.05) is 0 Å². The molecule has 0 radical (unpaired) electrons. The van der Waals surface area contributed by atoms with Gasteiger partial charge in [0.1, 0.15) is 0 Å². The van der Waals surface area contributed by atoms with Crippen LogP contribution in [0.4, 0.5) is 0 Å². The molecular weight excluding hydrogens is 288 g/mol. The van der Waals surface area contributed by atoms with Gasteiger partial charge in [-0.05, 0) is 52.8 Å². The van der Waals surface area contributed by atoms with E-state index in [4.69, 9.17) is 0 Å². The molecule has 0 amide bonds. The van der Waals surface area contributed by atoms with Gasteiger partial charge >= 0.3 is 0 Å². The van der Waals surface area contributed by atoms with Crippen molar-refractivity contribution in [3.8, 4) is 0 Å². The highest BCUT2D eigenvalue weighted by molar-refractivity contribution is 4.79. The van der Waals surface area contributed by atoms with Gasteiger partial charge in [0, 0.05) is 0 Å². The predicted molar refractivity (Wildman–Crippen MR) is 112 cm³/mol. The zero-order chi connectivity index (χ0) is 19.3. The monoisotopic (exact) mass is 338 g/mol. The highest BCUT2D eigenvalue weighted by atomic mass is 14.3. The fourth-order valence-corrected chi connectivity index (χ4v) is 3.59. The van der Waals surface area contributed by atoms with E-state index in [-0.39, 0.29) is 0 Å². The second kappa shape index (κ2) is 9.63. The van der Waals surface area contributed by atoms with E-state index >= 15 is 0 Å². The lowest BCUT2D eigenvalue weighted by Gasteiger charge is -2.36. The summed E-state index contributed by atoms with van der Waals surface area (Å²) in [4.78, 5) is 0. The molecule has 0 fully saturated rings. The average molecular weight is 339 g/mol. The number of hydrogen-bond donors (Lipinski definition) is 0. The summed E-state index contributed by atoms with van der Waals surface area (Å²) >= 11 is 0. The minimum absolute atomic E-state index is 0.426. The fourth-order valence-electron chi connectivity index (χ4n) is 3.59. The quantitative estimate of drug-likeness (QED) is 0.395. The van der Waals surface area contributed by atoms with Gasteiger partial charge in [-0.2, -0.15) is 0 Å². The molecule has 0 saturated carbocycles. The first-order chi connectivity index (χ1) is 10.7. The van der Waals surface area contributed by atoms with Crippen molar-refractivity contribution in [3.05, 3.63) is 0 Å². The Kier molecular flexibility index (Phi) is 9.63. The molecule has 0 heteroatoms. The van der Waals surface area contributed by atoms with Crippen LogP contribution in [0.3, 0.4) is 0 Å². The van der Waals surface area contributed by atoms with E-state index in [9.17, 15) is 0 Å². The average Bonchev–Trinajstić information content (AvgIpc) is 2.45. The van der Waals surface area contributed by atoms with Gasteiger partial charge in [-0.15, -0.1) is 0 Å². The molecule has 6 unspecified atom stereocenters. The minimum atomic E-state index is 0.426. The Hall–Kier alpha value is 0. The van der Waals surface area contributed by atoms with Crippen LogP contribution in [0.25, 0.3) is 0 Å². The Morgan fingerprint density at radius 2 is 0.875 bits per heavy atom. The molecule has 0 aromatic rings. The summed E-state index contributed by atoms with van der Waals surface area (Å²) in [5, 5.41) is 0. The summed E-state index contributed by atoms with van der Waals surface area (Å²) in [7, 11) is 0. The van der Waals surface area contributed by atoms with Crippen molar-refractivity contribution < 1.29 is 0 Å². The molecule has 0 heterocycles. The van der Waals surface area contributed by atoms with E-state index in [1.165, 1.54) is 25.7 Å². The zero-order valence-corrected chi connectivity index (χ0v) is 19.3. The van der Waals surface area contributed by atoms with Crippen molar-refractivity contribution in [1.82, 2.24) is 0 Å². The number of hydrogen-bond acceptors (Lipinski definition) is 0. The van der Waals surface area contributed by atoms with Crippen LogP contribution in [-0.2, 0) is 0 Å². The molecule has 0 bridgehead atoms. The van der Waals surface area contributed by atoms with E-state index in [0.717, 1.165) is 35.5 Å². The predicted octanol–water partition coefficient (Wildman–Crippen LogP) is 8.46. The van der Waals surface area contributed by atoms with Crippen molar-refractivity contribution in [3.63, 3.8) is 0 Å². The van der Waals surface area contributed by atoms with E-state index in [2.05, 4.69) is 83.1 Å². The molecule has 0 aliphatic carbocycles. The molecule has 0 rings (SSSR count). The summed E-state index contributed by atoms with van der Waals surface area (Å²) < 4.78 is 0. The molecule has 0 aliphatic heterocycles. The van der Waals surface area contributed by atoms with Crippen LogP contribution in [0.5, 0.6) is 0 Å². The Bertz CT molecular complexity index is 327. The summed E-state index contributed by atoms with van der Waals surface area (Å²) in [6, 6.07) is 0. The molecule has 6 atom stereocenters. The van der Waals surface area contributed by atoms with Crippen LogP contribution < -0.4 is 0 Å². The first-order valence-corrected chi connectivity index (χ1v) is 10.7. The topological polar surface area (TPSA) is 0 Å². The third kappa shape index (κ3) is 8.39. The minimum Gasteiger partial charge on any atom is -0.0623 e. The summed E-state index contributed by atoms with van der Waals surface area (Å²) in [6.07, 6.45) is 5.55. The standard InChI is InChI=1S/C24H50/c1-17(18(2)15-16-20(4)23(7,8)9)13-14-19(3)21(5)22(6)24(10,11)12/h17-22H,13-16H2,1-12H3. The highest BCUT2D eigenvalue weighted by Crippen LogP contribution is 2.38. The van der Waals surface area contributed by atoms with E-state index in [0.29, 0.717) is 10.8 Å². The lowest BCUT2D eigenvalue weighted by molar-refractivity contribution is 0.134. The summed E-state index contributed by atoms with van der Waals surface area (Å²) in [5.41, 5.74) is 0.881. The van der Waals surface area contributed by atoms with Crippen LogP contribution in [-0.4, -0.2) is 0 Å². The van der Waals surface area contributed by atoms with Gasteiger partial charge in [-0.25, -0.2) is 0 Å². The molecular formula is C24H50. The Morgan fingerprint density at radius 3 is 1.25 bits per heavy atom. The van der Waals surface area contributed by atoms with Gasteiger partial charge in [0.25, 0.3) is 0 Å². The molecule has 24 heavy (non-hydrogen) atoms. The molecule has 0 aromatic heterocycles. The second-order valence-electron chi connectivity index (χ2n) is 11.4. The van der Waals surface area contributed by atoms with Crippen molar-refractivity contribution in [2.24, 2.45) is 46.3 Å². The van der Waals surface area contributed by atoms with Gasteiger partial charge in [0.15, 0.2) is 0 Å². The highest BCUT2D eigenvalue weighted by Gasteiger charge is 2.29. The first kappa shape index (κ1) is 24.0. The lowest BCUT2D eigenvalue weighted by atomic mass is 9.69. The van der Waals surface area contributed by atoms with Crippen molar-refractivity contribution >= 4 is 0 Å². The maximum Gasteiger partial charge on any atom is -0.0354 e. The van der Waals surface area contributed by atoms with Crippen molar-refractivity contribution in [2.75, 3.05) is 0 Å². The molecule has 0 nitrogen and oxygen atoms in total. The van der Waals surface area contributed by atoms with Crippen molar-refractivity contribution in [2.45, 2.75) is 109 Å².